The highest BCUT2D eigenvalue weighted by Crippen LogP contribution is 2.42. The Morgan fingerprint density at radius 3 is 1.68 bits per heavy atom. The van der Waals surface area contributed by atoms with Crippen molar-refractivity contribution in [2.45, 2.75) is 97.2 Å². The van der Waals surface area contributed by atoms with E-state index < -0.39 is 12.0 Å². The number of rotatable bonds is 23. The number of anilines is 1. The molecule has 410 valence electrons. The molecule has 79 heavy (non-hydrogen) atoms. The van der Waals surface area contributed by atoms with Crippen LogP contribution in [-0.4, -0.2) is 120 Å². The third-order valence-corrected chi connectivity index (χ3v) is 14.6. The third kappa shape index (κ3) is 12.5. The number of methoxy groups -OCH3 is 2. The molecule has 18 nitrogen and oxygen atoms in total. The number of fused-ring (bicyclic) bond motifs is 4. The second-order valence-corrected chi connectivity index (χ2v) is 20.7. The second-order valence-electron chi connectivity index (χ2n) is 20.7. The zero-order valence-corrected chi connectivity index (χ0v) is 45.3. The standard InChI is InChI=1S/C61H65N7O11/c1-36(2)58(65-55(70)11-8-7-9-22-66-56(71)20-21-57(66)72)50(69)25-38(4)59(73)64-43-18-16-40(17-19-43)42-27-45-33-63-49-31-54(52(77-6)29-47(49)61(75)68(45)35-42)79-24-10-23-78-53-30-48-46(28-51(53)76-5)60(74)67-34-41(26-44(67)32-62-48)39-14-12-37(3)13-15-39/h12-21,28-36,38,44-45,58H,7-11,22-27H2,1-6H3,(H,64,73)(H,65,70)/t38-,44+,45+,58+/m1/s1. The number of unbranched alkanes of at least 4 members (excludes halogenated alkanes) is 2. The van der Waals surface area contributed by atoms with E-state index in [0.29, 0.717) is 96.3 Å². The first-order valence-electron chi connectivity index (χ1n) is 26.8. The minimum atomic E-state index is -0.758. The summed E-state index contributed by atoms with van der Waals surface area (Å²) in [4.78, 5) is 105. The lowest BCUT2D eigenvalue weighted by atomic mass is 9.92. The van der Waals surface area contributed by atoms with Crippen molar-refractivity contribution in [3.05, 3.63) is 125 Å². The van der Waals surface area contributed by atoms with Crippen LogP contribution in [0.25, 0.3) is 11.1 Å². The molecule has 18 heteroatoms. The lowest BCUT2D eigenvalue weighted by molar-refractivity contribution is -0.137. The molecule has 0 unspecified atom stereocenters. The van der Waals surface area contributed by atoms with Crippen molar-refractivity contribution in [2.75, 3.05) is 39.3 Å². The molecule has 0 saturated carbocycles. The lowest BCUT2D eigenvalue weighted by Crippen LogP contribution is -2.45. The van der Waals surface area contributed by atoms with Crippen LogP contribution >= 0.6 is 0 Å². The van der Waals surface area contributed by atoms with Gasteiger partial charge in [-0.25, -0.2) is 0 Å². The summed E-state index contributed by atoms with van der Waals surface area (Å²) in [7, 11) is 3.04. The fraction of sp³-hybridized carbons (Fsp3) is 0.361. The number of carbonyl (C=O) groups is 7. The first-order chi connectivity index (χ1) is 38.1. The molecule has 0 spiro atoms. The summed E-state index contributed by atoms with van der Waals surface area (Å²) in [6.45, 7) is 8.21. The molecule has 9 rings (SSSR count). The smallest absolute Gasteiger partial charge is 0.260 e. The Balaban J connectivity index is 0.740. The molecule has 4 atom stereocenters. The molecule has 0 bridgehead atoms. The number of imide groups is 1. The quantitative estimate of drug-likeness (QED) is 0.0528. The van der Waals surface area contributed by atoms with E-state index in [2.05, 4.69) is 34.9 Å². The molecule has 0 radical (unpaired) electrons. The number of Topliss-reactive ketones (excluding diaryl/α,β-unsaturated/α-hetero) is 1. The molecule has 6 amide bonds. The van der Waals surface area contributed by atoms with Crippen molar-refractivity contribution in [1.29, 1.82) is 0 Å². The number of benzene rings is 4. The van der Waals surface area contributed by atoms with Gasteiger partial charge in [0.05, 0.1) is 68.1 Å². The molecule has 5 heterocycles. The molecule has 4 aromatic carbocycles. The second kappa shape index (κ2) is 24.3. The summed E-state index contributed by atoms with van der Waals surface area (Å²) >= 11 is 0. The van der Waals surface area contributed by atoms with E-state index in [1.165, 1.54) is 36.8 Å². The number of nitrogens with one attached hydrogen (secondary N) is 2. The minimum Gasteiger partial charge on any atom is -0.493 e. The average molecular weight is 1070 g/mol. The van der Waals surface area contributed by atoms with Crippen LogP contribution in [0.15, 0.2) is 107 Å². The van der Waals surface area contributed by atoms with Crippen LogP contribution in [-0.2, 0) is 24.0 Å². The molecular weight excluding hydrogens is 1010 g/mol. The number of aryl methyl sites for hydroxylation is 1. The predicted molar refractivity (Wildman–Crippen MR) is 299 cm³/mol. The first kappa shape index (κ1) is 55.1. The van der Waals surface area contributed by atoms with Gasteiger partial charge in [-0.3, -0.25) is 48.4 Å². The van der Waals surface area contributed by atoms with E-state index in [1.807, 2.05) is 51.5 Å². The molecule has 0 fully saturated rings. The zero-order chi connectivity index (χ0) is 55.9. The van der Waals surface area contributed by atoms with E-state index in [-0.39, 0.29) is 85.3 Å². The fourth-order valence-electron chi connectivity index (χ4n) is 10.1. The van der Waals surface area contributed by atoms with E-state index in [9.17, 15) is 33.6 Å². The number of aliphatic imine (C=N–C) groups is 2. The molecular formula is C61H65N7O11. The third-order valence-electron chi connectivity index (χ3n) is 14.6. The van der Waals surface area contributed by atoms with E-state index in [0.717, 1.165) is 22.3 Å². The van der Waals surface area contributed by atoms with Crippen molar-refractivity contribution in [1.82, 2.24) is 20.0 Å². The lowest BCUT2D eigenvalue weighted by Gasteiger charge is -2.23. The van der Waals surface area contributed by atoms with E-state index in [4.69, 9.17) is 28.9 Å². The predicted octanol–water partition coefficient (Wildman–Crippen LogP) is 8.96. The van der Waals surface area contributed by atoms with Crippen molar-refractivity contribution in [3.63, 3.8) is 0 Å². The largest absolute Gasteiger partial charge is 0.493 e. The van der Waals surface area contributed by atoms with Gasteiger partial charge in [0.15, 0.2) is 28.8 Å². The highest BCUT2D eigenvalue weighted by Gasteiger charge is 2.36. The van der Waals surface area contributed by atoms with E-state index >= 15 is 0 Å². The molecule has 0 aromatic heterocycles. The number of ketones is 1. The Kier molecular flexibility index (Phi) is 17.0. The Labute approximate surface area is 459 Å². The monoisotopic (exact) mass is 1070 g/mol. The summed E-state index contributed by atoms with van der Waals surface area (Å²) in [5.41, 5.74) is 7.36. The van der Waals surface area contributed by atoms with Gasteiger partial charge in [-0.05, 0) is 72.2 Å². The van der Waals surface area contributed by atoms with Gasteiger partial charge in [0.2, 0.25) is 11.8 Å². The van der Waals surface area contributed by atoms with Gasteiger partial charge in [-0.1, -0.05) is 69.2 Å². The molecule has 2 N–H and O–H groups in total. The van der Waals surface area contributed by atoms with Crippen molar-refractivity contribution in [2.24, 2.45) is 21.8 Å². The van der Waals surface area contributed by atoms with Crippen LogP contribution in [0.1, 0.15) is 110 Å². The van der Waals surface area contributed by atoms with E-state index in [1.54, 1.807) is 59.3 Å². The minimum absolute atomic E-state index is 0.0665. The van der Waals surface area contributed by atoms with Gasteiger partial charge in [0.1, 0.15) is 0 Å². The van der Waals surface area contributed by atoms with Gasteiger partial charge < -0.3 is 39.4 Å². The number of hydrogen-bond donors (Lipinski definition) is 2. The van der Waals surface area contributed by atoms with Gasteiger partial charge in [-0.15, -0.1) is 0 Å². The number of hydrogen-bond acceptors (Lipinski definition) is 13. The van der Waals surface area contributed by atoms with Crippen LogP contribution < -0.4 is 29.6 Å². The first-order valence-corrected chi connectivity index (χ1v) is 26.8. The summed E-state index contributed by atoms with van der Waals surface area (Å²) < 4.78 is 23.7. The number of nitrogens with zero attached hydrogens (tertiary/aromatic N) is 5. The summed E-state index contributed by atoms with van der Waals surface area (Å²) in [5.74, 6) is -1.14. The van der Waals surface area contributed by atoms with Gasteiger partial charge in [0, 0.05) is 99.4 Å². The summed E-state index contributed by atoms with van der Waals surface area (Å²) in [5, 5.41) is 5.74. The fourth-order valence-corrected chi connectivity index (χ4v) is 10.1. The van der Waals surface area contributed by atoms with Crippen LogP contribution in [0.2, 0.25) is 0 Å². The Bertz CT molecular complexity index is 3200. The van der Waals surface area contributed by atoms with Crippen LogP contribution in [0.4, 0.5) is 17.1 Å². The average Bonchev–Trinajstić information content (AvgIpc) is 4.34. The topological polar surface area (TPSA) is 215 Å². The van der Waals surface area contributed by atoms with Crippen molar-refractivity contribution >= 4 is 81.9 Å². The maximum absolute atomic E-state index is 14.1. The molecule has 0 aliphatic carbocycles. The number of ether oxygens (including phenoxy) is 4. The number of carbonyl (C=O) groups excluding carboxylic acids is 7. The van der Waals surface area contributed by atoms with Gasteiger partial charge >= 0.3 is 0 Å². The molecule has 5 aliphatic rings. The normalized spacial score (nSPS) is 17.8. The summed E-state index contributed by atoms with van der Waals surface area (Å²) in [6, 6.07) is 21.0. The molecule has 4 aromatic rings. The highest BCUT2D eigenvalue weighted by atomic mass is 16.5. The number of amides is 6. The Hall–Kier alpha value is -8.67. The van der Waals surface area contributed by atoms with Crippen LogP contribution in [0, 0.1) is 18.8 Å². The summed E-state index contributed by atoms with van der Waals surface area (Å²) in [6.07, 6.45) is 13.3. The zero-order valence-electron chi connectivity index (χ0n) is 45.3. The highest BCUT2D eigenvalue weighted by molar-refractivity contribution is 6.13. The van der Waals surface area contributed by atoms with Gasteiger partial charge in [0.25, 0.3) is 23.6 Å². The van der Waals surface area contributed by atoms with Crippen LogP contribution in [0.3, 0.4) is 0 Å². The van der Waals surface area contributed by atoms with Crippen molar-refractivity contribution in [3.8, 4) is 23.0 Å². The Morgan fingerprint density at radius 2 is 1.18 bits per heavy atom. The molecule has 0 saturated heterocycles. The maximum Gasteiger partial charge on any atom is 0.260 e. The van der Waals surface area contributed by atoms with Crippen LogP contribution in [0.5, 0.6) is 23.0 Å². The van der Waals surface area contributed by atoms with Gasteiger partial charge in [-0.2, -0.15) is 0 Å². The molecule has 5 aliphatic heterocycles. The maximum atomic E-state index is 14.1. The SMILES string of the molecule is COc1cc2c(cc1OCCCOc1cc3c(cc1OC)C(=O)N1C=C(c4ccc(NC(=O)[C@H](C)CC(=O)[C@@H](NC(=O)CCCCCN5C(=O)C=CC5=O)C(C)C)cc4)C[C@H]1C=N3)N=C[C@@H]1CC(c3ccc(C)cc3)=CN1C2=O. The van der Waals surface area contributed by atoms with Crippen molar-refractivity contribution < 1.29 is 52.5 Å². The Morgan fingerprint density at radius 1 is 0.658 bits per heavy atom.